The van der Waals surface area contributed by atoms with Crippen LogP contribution in [0.5, 0.6) is 0 Å². The van der Waals surface area contributed by atoms with Gasteiger partial charge in [-0.3, -0.25) is 10.1 Å². The van der Waals surface area contributed by atoms with Crippen LogP contribution in [0.4, 0.5) is 9.80 Å². The fraction of sp³-hybridized carbons (Fsp3) is 0.467. The van der Waals surface area contributed by atoms with Crippen molar-refractivity contribution in [3.8, 4) is 6.07 Å². The molecule has 0 aromatic carbocycles. The molecular formula is C15H18N2O6S. The molecule has 0 fully saturated rings. The summed E-state index contributed by atoms with van der Waals surface area (Å²) in [7, 11) is 2.37. The predicted octanol–water partition coefficient (Wildman–Crippen LogP) is 2.47. The molecule has 0 spiro atoms. The molecule has 0 saturated heterocycles. The summed E-state index contributed by atoms with van der Waals surface area (Å²) < 4.78 is 14.3. The fourth-order valence-corrected chi connectivity index (χ4v) is 2.78. The Morgan fingerprint density at radius 1 is 1.21 bits per heavy atom. The van der Waals surface area contributed by atoms with Crippen LogP contribution in [-0.2, 0) is 25.4 Å². The van der Waals surface area contributed by atoms with Crippen molar-refractivity contribution in [1.29, 1.82) is 5.26 Å². The van der Waals surface area contributed by atoms with E-state index in [4.69, 9.17) is 4.74 Å². The van der Waals surface area contributed by atoms with Crippen LogP contribution in [0.2, 0.25) is 0 Å². The Kier molecular flexibility index (Phi) is 6.31. The monoisotopic (exact) mass is 354 g/mol. The van der Waals surface area contributed by atoms with Crippen molar-refractivity contribution in [1.82, 2.24) is 0 Å². The molecule has 8 nitrogen and oxygen atoms in total. The van der Waals surface area contributed by atoms with Gasteiger partial charge in [-0.15, -0.1) is 11.3 Å². The molecule has 0 aliphatic rings. The zero-order valence-corrected chi connectivity index (χ0v) is 14.8. The third kappa shape index (κ3) is 4.96. The van der Waals surface area contributed by atoms with Gasteiger partial charge < -0.3 is 14.2 Å². The number of amides is 1. The minimum atomic E-state index is -0.777. The minimum Gasteiger partial charge on any atom is -0.469 e. The van der Waals surface area contributed by atoms with Crippen molar-refractivity contribution in [2.75, 3.05) is 19.5 Å². The molecule has 1 aromatic heterocycles. The molecule has 0 bridgehead atoms. The van der Waals surface area contributed by atoms with Crippen molar-refractivity contribution in [3.05, 3.63) is 16.0 Å². The van der Waals surface area contributed by atoms with E-state index in [1.54, 1.807) is 20.8 Å². The highest BCUT2D eigenvalue weighted by Gasteiger charge is 2.27. The summed E-state index contributed by atoms with van der Waals surface area (Å²) in [6, 6.07) is 1.89. The van der Waals surface area contributed by atoms with Gasteiger partial charge in [0, 0.05) is 5.56 Å². The van der Waals surface area contributed by atoms with Gasteiger partial charge in [0.25, 0.3) is 0 Å². The van der Waals surface area contributed by atoms with Gasteiger partial charge in [-0.05, 0) is 20.8 Å². The van der Waals surface area contributed by atoms with Crippen LogP contribution < -0.4 is 5.32 Å². The van der Waals surface area contributed by atoms with Gasteiger partial charge in [0.15, 0.2) is 0 Å². The molecule has 0 unspecified atom stereocenters. The number of carbonyl (C=O) groups excluding carboxylic acids is 3. The second-order valence-electron chi connectivity index (χ2n) is 5.60. The van der Waals surface area contributed by atoms with Crippen LogP contribution in [0.15, 0.2) is 0 Å². The highest BCUT2D eigenvalue weighted by molar-refractivity contribution is 7.18. The van der Waals surface area contributed by atoms with E-state index in [0.717, 1.165) is 11.3 Å². The quantitative estimate of drug-likeness (QED) is 0.652. The smallest absolute Gasteiger partial charge is 0.412 e. The third-order valence-electron chi connectivity index (χ3n) is 2.65. The molecule has 9 heteroatoms. The molecule has 0 saturated carbocycles. The third-order valence-corrected chi connectivity index (χ3v) is 3.78. The SMILES string of the molecule is COC(=O)Cc1c(C(=O)OC)sc(NC(=O)OC(C)(C)C)c1C#N. The summed E-state index contributed by atoms with van der Waals surface area (Å²) in [5.74, 6) is -1.34. The number of hydrogen-bond donors (Lipinski definition) is 1. The van der Waals surface area contributed by atoms with Gasteiger partial charge in [0.1, 0.15) is 21.5 Å². The molecule has 1 N–H and O–H groups in total. The lowest BCUT2D eigenvalue weighted by Crippen LogP contribution is -2.27. The van der Waals surface area contributed by atoms with E-state index in [1.807, 2.05) is 6.07 Å². The lowest BCUT2D eigenvalue weighted by Gasteiger charge is -2.19. The Morgan fingerprint density at radius 2 is 1.83 bits per heavy atom. The first-order valence-electron chi connectivity index (χ1n) is 6.83. The van der Waals surface area contributed by atoms with Crippen LogP contribution in [0, 0.1) is 11.3 Å². The van der Waals surface area contributed by atoms with Gasteiger partial charge in [0.05, 0.1) is 26.2 Å². The zero-order chi connectivity index (χ0) is 18.5. The molecule has 0 aliphatic heterocycles. The number of methoxy groups -OCH3 is 2. The van der Waals surface area contributed by atoms with E-state index in [0.29, 0.717) is 0 Å². The van der Waals surface area contributed by atoms with Crippen molar-refractivity contribution in [2.45, 2.75) is 32.8 Å². The summed E-state index contributed by atoms with van der Waals surface area (Å²) in [5, 5.41) is 11.9. The maximum Gasteiger partial charge on any atom is 0.412 e. The maximum absolute atomic E-state index is 11.9. The highest BCUT2D eigenvalue weighted by Crippen LogP contribution is 2.34. The summed E-state index contributed by atoms with van der Waals surface area (Å²) in [6.45, 7) is 5.07. The molecule has 0 atom stereocenters. The second-order valence-corrected chi connectivity index (χ2v) is 6.62. The molecule has 24 heavy (non-hydrogen) atoms. The molecule has 1 heterocycles. The number of carbonyl (C=O) groups is 3. The molecule has 1 rings (SSSR count). The number of nitrogens with zero attached hydrogens (tertiary/aromatic N) is 1. The van der Waals surface area contributed by atoms with Gasteiger partial charge in [0.2, 0.25) is 0 Å². The number of ether oxygens (including phenoxy) is 3. The summed E-state index contributed by atoms with van der Waals surface area (Å²) in [6.07, 6.45) is -1.07. The lowest BCUT2D eigenvalue weighted by molar-refractivity contribution is -0.139. The van der Waals surface area contributed by atoms with Gasteiger partial charge >= 0.3 is 18.0 Å². The number of hydrogen-bond acceptors (Lipinski definition) is 8. The van der Waals surface area contributed by atoms with Crippen molar-refractivity contribution >= 4 is 34.4 Å². The Labute approximate surface area is 143 Å². The summed E-state index contributed by atoms with van der Waals surface area (Å²) in [4.78, 5) is 35.4. The van der Waals surface area contributed by atoms with Gasteiger partial charge in [-0.2, -0.15) is 5.26 Å². The van der Waals surface area contributed by atoms with E-state index in [9.17, 15) is 19.6 Å². The molecule has 0 radical (unpaired) electrons. The van der Waals surface area contributed by atoms with Crippen LogP contribution in [0.25, 0.3) is 0 Å². The number of anilines is 1. The van der Waals surface area contributed by atoms with Crippen LogP contribution in [-0.4, -0.2) is 37.9 Å². The fourth-order valence-electron chi connectivity index (χ4n) is 1.71. The second kappa shape index (κ2) is 7.79. The Hall–Kier alpha value is -2.60. The normalized spacial score (nSPS) is 10.5. The van der Waals surface area contributed by atoms with E-state index in [-0.39, 0.29) is 27.4 Å². The Morgan fingerprint density at radius 3 is 2.29 bits per heavy atom. The van der Waals surface area contributed by atoms with Gasteiger partial charge in [-0.25, -0.2) is 9.59 Å². The molecule has 1 aromatic rings. The van der Waals surface area contributed by atoms with Crippen LogP contribution >= 0.6 is 11.3 Å². The van der Waals surface area contributed by atoms with Crippen molar-refractivity contribution in [2.24, 2.45) is 0 Å². The first-order valence-corrected chi connectivity index (χ1v) is 7.65. The number of nitriles is 1. The standard InChI is InChI=1S/C15H18N2O6S/c1-15(2,3)23-14(20)17-12-9(7-16)8(6-10(18)21-4)11(24-12)13(19)22-5/h6H2,1-5H3,(H,17,20). The summed E-state index contributed by atoms with van der Waals surface area (Å²) in [5.41, 5.74) is -0.585. The highest BCUT2D eigenvalue weighted by atomic mass is 32.1. The molecular weight excluding hydrogens is 336 g/mol. The minimum absolute atomic E-state index is 0.00309. The van der Waals surface area contributed by atoms with Crippen LogP contribution in [0.1, 0.15) is 41.6 Å². The maximum atomic E-state index is 11.9. The van der Waals surface area contributed by atoms with Crippen molar-refractivity contribution in [3.63, 3.8) is 0 Å². The number of rotatable bonds is 4. The predicted molar refractivity (Wildman–Crippen MR) is 86.0 cm³/mol. The van der Waals surface area contributed by atoms with E-state index in [2.05, 4.69) is 14.8 Å². The first kappa shape index (κ1) is 19.4. The Balaban J connectivity index is 3.26. The van der Waals surface area contributed by atoms with Crippen LogP contribution in [0.3, 0.4) is 0 Å². The van der Waals surface area contributed by atoms with Crippen molar-refractivity contribution < 1.29 is 28.6 Å². The first-order chi connectivity index (χ1) is 11.1. The van der Waals surface area contributed by atoms with E-state index >= 15 is 0 Å². The molecule has 1 amide bonds. The van der Waals surface area contributed by atoms with E-state index < -0.39 is 23.6 Å². The average molecular weight is 354 g/mol. The lowest BCUT2D eigenvalue weighted by atomic mass is 10.1. The number of nitrogens with one attached hydrogen (secondary N) is 1. The number of thiophene rings is 1. The Bertz CT molecular complexity index is 696. The zero-order valence-electron chi connectivity index (χ0n) is 14.0. The molecule has 0 aliphatic carbocycles. The largest absolute Gasteiger partial charge is 0.469 e. The topological polar surface area (TPSA) is 115 Å². The summed E-state index contributed by atoms with van der Waals surface area (Å²) >= 11 is 0.833. The molecule has 130 valence electrons. The number of esters is 2. The average Bonchev–Trinajstić information content (AvgIpc) is 2.81. The van der Waals surface area contributed by atoms with E-state index in [1.165, 1.54) is 14.2 Å². The van der Waals surface area contributed by atoms with Gasteiger partial charge in [-0.1, -0.05) is 0 Å².